The zero-order chi connectivity index (χ0) is 27.1. The predicted molar refractivity (Wildman–Crippen MR) is 104 cm³/mol. The van der Waals surface area contributed by atoms with E-state index in [1.165, 1.54) is 4.90 Å². The van der Waals surface area contributed by atoms with Crippen molar-refractivity contribution in [1.82, 2.24) is 15.1 Å². The summed E-state index contributed by atoms with van der Waals surface area (Å²) in [5.74, 6) is -1.05. The molecule has 4 rings (SSSR count). The van der Waals surface area contributed by atoms with Gasteiger partial charge in [-0.1, -0.05) is 13.3 Å². The van der Waals surface area contributed by atoms with E-state index in [9.17, 15) is 14.7 Å². The van der Waals surface area contributed by atoms with E-state index >= 15 is 0 Å². The van der Waals surface area contributed by atoms with Gasteiger partial charge in [-0.05, 0) is 76.1 Å². The Morgan fingerprint density at radius 2 is 2.04 bits per heavy atom. The van der Waals surface area contributed by atoms with Crippen LogP contribution in [0.2, 0.25) is 0 Å². The molecule has 0 bridgehead atoms. The first-order chi connectivity index (χ1) is 16.4. The summed E-state index contributed by atoms with van der Waals surface area (Å²) in [6.45, 7) is 1.03. The minimum absolute atomic E-state index is 0.00146. The zero-order valence-electron chi connectivity index (χ0n) is 24.8. The number of piperidine rings is 1. The first kappa shape index (κ1) is 11.0. The van der Waals surface area contributed by atoms with Crippen LogP contribution in [0, 0.1) is 17.3 Å². The number of likely N-dealkylation sites (tertiary alicyclic amines) is 2. The number of carbonyl (C=O) groups is 2. The van der Waals surface area contributed by atoms with Crippen LogP contribution in [-0.2, 0) is 4.79 Å². The van der Waals surface area contributed by atoms with Crippen LogP contribution in [0.5, 0.6) is 0 Å². The summed E-state index contributed by atoms with van der Waals surface area (Å²) < 4.78 is 71.6. The van der Waals surface area contributed by atoms with Crippen molar-refractivity contribution in [3.63, 3.8) is 0 Å². The molecule has 152 valence electrons. The fourth-order valence-corrected chi connectivity index (χ4v) is 5.60. The Hall–Kier alpha value is -1.30. The van der Waals surface area contributed by atoms with Crippen molar-refractivity contribution in [1.29, 1.82) is 0 Å². The molecule has 2 heterocycles. The Morgan fingerprint density at radius 1 is 1.30 bits per heavy atom. The minimum Gasteiger partial charge on any atom is -0.465 e. The van der Waals surface area contributed by atoms with Crippen molar-refractivity contribution >= 4 is 12.0 Å². The van der Waals surface area contributed by atoms with Gasteiger partial charge >= 0.3 is 6.09 Å². The van der Waals surface area contributed by atoms with E-state index in [0.29, 0.717) is 44.9 Å². The third-order valence-corrected chi connectivity index (χ3v) is 7.14. The van der Waals surface area contributed by atoms with Crippen LogP contribution < -0.4 is 5.32 Å². The van der Waals surface area contributed by atoms with E-state index in [2.05, 4.69) is 17.1 Å². The molecule has 0 aromatic heterocycles. The Balaban J connectivity index is 1.41. The second-order valence-corrected chi connectivity index (χ2v) is 8.53. The molecule has 2 aliphatic carbocycles. The van der Waals surface area contributed by atoms with Crippen molar-refractivity contribution in [2.24, 2.45) is 17.3 Å². The molecule has 2 amide bonds. The van der Waals surface area contributed by atoms with Gasteiger partial charge in [0.25, 0.3) is 0 Å². The third kappa shape index (κ3) is 3.34. The summed E-state index contributed by atoms with van der Waals surface area (Å²) >= 11 is 0. The fraction of sp³-hybridized carbons (Fsp3) is 0.905. The molecule has 2 aliphatic heterocycles. The normalized spacial score (nSPS) is 47.3. The fourth-order valence-electron chi connectivity index (χ4n) is 5.60. The SMILES string of the molecule is [2H]C([2H])([2H])C1(NC(=O)C2CCN([C@H]3C[C@]4(CCN(C(=O)O)C4)C3CC)CC2)C([2H])([2H])C([2H])([2H])C1([2H])[2H]. The lowest BCUT2D eigenvalue weighted by Crippen LogP contribution is -2.62. The molecule has 4 fully saturated rings. The maximum atomic E-state index is 13.1. The standard InChI is InChI=1S/C21H35N3O3/c1-3-16-17(13-21(16)9-12-24(14-21)19(26)27)23-10-5-15(6-11-23)18(25)22-20(2)7-4-8-20/h15-17H,3-14H2,1-2H3,(H,22,25)(H,26,27)/t16?,17-,21-/m0/s1/i2D3,4D2,7D2,8D2. The lowest BCUT2D eigenvalue weighted by molar-refractivity contribution is -0.131. The molecule has 3 atom stereocenters. The largest absolute Gasteiger partial charge is 0.465 e. The molecule has 2 saturated heterocycles. The maximum absolute atomic E-state index is 13.1. The van der Waals surface area contributed by atoms with Crippen LogP contribution in [0.3, 0.4) is 0 Å². The molecule has 2 saturated carbocycles. The first-order valence-electron chi connectivity index (χ1n) is 14.4. The molecule has 27 heavy (non-hydrogen) atoms. The highest BCUT2D eigenvalue weighted by Gasteiger charge is 2.58. The quantitative estimate of drug-likeness (QED) is 0.779. The van der Waals surface area contributed by atoms with Crippen molar-refractivity contribution < 1.29 is 27.0 Å². The predicted octanol–water partition coefficient (Wildman–Crippen LogP) is 2.93. The minimum atomic E-state index is -3.30. The van der Waals surface area contributed by atoms with E-state index in [4.69, 9.17) is 12.3 Å². The van der Waals surface area contributed by atoms with E-state index in [0.717, 1.165) is 19.3 Å². The molecule has 6 nitrogen and oxygen atoms in total. The number of amides is 2. The number of carboxylic acid groups (broad SMARTS) is 1. The number of hydrogen-bond donors (Lipinski definition) is 2. The Bertz CT molecular complexity index is 902. The van der Waals surface area contributed by atoms with Crippen LogP contribution in [-0.4, -0.2) is 64.7 Å². The highest BCUT2D eigenvalue weighted by atomic mass is 16.4. The summed E-state index contributed by atoms with van der Waals surface area (Å²) in [5.41, 5.74) is -2.99. The van der Waals surface area contributed by atoms with Crippen LogP contribution in [0.1, 0.15) is 77.3 Å². The molecule has 0 radical (unpaired) electrons. The highest BCUT2D eigenvalue weighted by molar-refractivity contribution is 5.79. The van der Waals surface area contributed by atoms with E-state index in [1.54, 1.807) is 0 Å². The molecular formula is C21H35N3O3. The van der Waals surface area contributed by atoms with Gasteiger partial charge in [0.1, 0.15) is 0 Å². The van der Waals surface area contributed by atoms with Crippen LogP contribution in [0.25, 0.3) is 0 Å². The average Bonchev–Trinajstić information content (AvgIpc) is 3.22. The molecule has 1 spiro atoms. The Labute approximate surface area is 175 Å². The van der Waals surface area contributed by atoms with Gasteiger partial charge in [-0.15, -0.1) is 0 Å². The first-order valence-corrected chi connectivity index (χ1v) is 9.94. The number of carbonyl (C=O) groups excluding carboxylic acids is 1. The molecule has 1 unspecified atom stereocenters. The van der Waals surface area contributed by atoms with Crippen molar-refractivity contribution in [3.05, 3.63) is 0 Å². The molecule has 0 aromatic carbocycles. The summed E-state index contributed by atoms with van der Waals surface area (Å²) in [5, 5.41) is 11.5. The number of rotatable bonds is 4. The molecular weight excluding hydrogens is 342 g/mol. The number of hydrogen-bond acceptors (Lipinski definition) is 3. The molecule has 2 N–H and O–H groups in total. The lowest BCUT2D eigenvalue weighted by atomic mass is 9.54. The summed E-state index contributed by atoms with van der Waals surface area (Å²) in [6.07, 6.45) is -6.80. The van der Waals surface area contributed by atoms with E-state index in [-0.39, 0.29) is 11.5 Å². The Morgan fingerprint density at radius 3 is 2.63 bits per heavy atom. The smallest absolute Gasteiger partial charge is 0.407 e. The molecule has 4 aliphatic rings. The monoisotopic (exact) mass is 386 g/mol. The molecule has 0 aromatic rings. The van der Waals surface area contributed by atoms with Gasteiger partial charge in [-0.2, -0.15) is 0 Å². The van der Waals surface area contributed by atoms with Gasteiger partial charge < -0.3 is 20.2 Å². The maximum Gasteiger partial charge on any atom is 0.407 e. The van der Waals surface area contributed by atoms with Crippen LogP contribution >= 0.6 is 0 Å². The van der Waals surface area contributed by atoms with Crippen LogP contribution in [0.4, 0.5) is 4.79 Å². The van der Waals surface area contributed by atoms with Crippen LogP contribution in [0.15, 0.2) is 0 Å². The summed E-state index contributed by atoms with van der Waals surface area (Å²) in [4.78, 5) is 28.3. The summed E-state index contributed by atoms with van der Waals surface area (Å²) in [7, 11) is 0. The van der Waals surface area contributed by atoms with Gasteiger partial charge in [0, 0.05) is 42.9 Å². The Kier molecular flexibility index (Phi) is 2.84. The topological polar surface area (TPSA) is 72.9 Å². The van der Waals surface area contributed by atoms with Crippen molar-refractivity contribution in [2.75, 3.05) is 26.2 Å². The number of nitrogens with zero attached hydrogens (tertiary/aromatic N) is 2. The van der Waals surface area contributed by atoms with Gasteiger partial charge in [0.05, 0.1) is 0 Å². The number of nitrogens with one attached hydrogen (secondary N) is 1. The van der Waals surface area contributed by atoms with Gasteiger partial charge in [0.15, 0.2) is 0 Å². The average molecular weight is 387 g/mol. The van der Waals surface area contributed by atoms with Crippen molar-refractivity contribution in [2.45, 2.75) is 76.6 Å². The van der Waals surface area contributed by atoms with E-state index < -0.39 is 49.4 Å². The van der Waals surface area contributed by atoms with Gasteiger partial charge in [-0.3, -0.25) is 4.79 Å². The zero-order valence-corrected chi connectivity index (χ0v) is 15.8. The van der Waals surface area contributed by atoms with Crippen molar-refractivity contribution in [3.8, 4) is 0 Å². The van der Waals surface area contributed by atoms with Gasteiger partial charge in [0.2, 0.25) is 5.91 Å². The highest BCUT2D eigenvalue weighted by Crippen LogP contribution is 2.56. The summed E-state index contributed by atoms with van der Waals surface area (Å²) in [6, 6.07) is 0.281. The molecule has 6 heteroatoms. The van der Waals surface area contributed by atoms with E-state index in [1.807, 2.05) is 0 Å². The second kappa shape index (κ2) is 6.94. The third-order valence-electron chi connectivity index (χ3n) is 7.14. The van der Waals surface area contributed by atoms with Gasteiger partial charge in [-0.25, -0.2) is 4.79 Å². The lowest BCUT2D eigenvalue weighted by Gasteiger charge is -2.58. The second-order valence-electron chi connectivity index (χ2n) is 8.53.